The highest BCUT2D eigenvalue weighted by Crippen LogP contribution is 2.17. The van der Waals surface area contributed by atoms with Crippen molar-refractivity contribution in [3.63, 3.8) is 0 Å². The van der Waals surface area contributed by atoms with Gasteiger partial charge in [0.25, 0.3) is 11.8 Å². The first-order chi connectivity index (χ1) is 13.5. The van der Waals surface area contributed by atoms with E-state index in [1.807, 2.05) is 4.90 Å². The lowest BCUT2D eigenvalue weighted by Gasteiger charge is -2.14. The van der Waals surface area contributed by atoms with Gasteiger partial charge in [0.2, 0.25) is 5.91 Å². The number of nitrogens with zero attached hydrogens (tertiary/aromatic N) is 2. The fourth-order valence-corrected chi connectivity index (χ4v) is 3.57. The van der Waals surface area contributed by atoms with Crippen molar-refractivity contribution < 1.29 is 14.4 Å². The molecule has 3 amide bonds. The standard InChI is InChI=1S/C19H19ClN4O3S/c20-15-6-2-1-5-14(15)18(26)23-22-16(25)12-28-17-8-7-13(11-21-17)19(27)24-9-3-4-10-24/h1-2,5-8,11H,3-4,9-10,12H2,(H,22,25)(H,23,26). The summed E-state index contributed by atoms with van der Waals surface area (Å²) in [6.45, 7) is 1.57. The number of carbonyl (C=O) groups excluding carboxylic acids is 3. The maximum Gasteiger partial charge on any atom is 0.271 e. The van der Waals surface area contributed by atoms with E-state index in [9.17, 15) is 14.4 Å². The predicted octanol–water partition coefficient (Wildman–Crippen LogP) is 2.52. The number of hydrogen-bond acceptors (Lipinski definition) is 5. The molecular formula is C19H19ClN4O3S. The number of rotatable bonds is 5. The van der Waals surface area contributed by atoms with Gasteiger partial charge in [-0.25, -0.2) is 4.98 Å². The molecular weight excluding hydrogens is 400 g/mol. The van der Waals surface area contributed by atoms with Crippen molar-refractivity contribution in [2.75, 3.05) is 18.8 Å². The third-order valence-electron chi connectivity index (χ3n) is 4.16. The van der Waals surface area contributed by atoms with Gasteiger partial charge >= 0.3 is 0 Å². The molecule has 0 atom stereocenters. The van der Waals surface area contributed by atoms with Crippen LogP contribution in [0.4, 0.5) is 0 Å². The molecule has 0 unspecified atom stereocenters. The van der Waals surface area contributed by atoms with Crippen LogP contribution in [-0.4, -0.2) is 46.4 Å². The molecule has 0 spiro atoms. The highest BCUT2D eigenvalue weighted by Gasteiger charge is 2.19. The van der Waals surface area contributed by atoms with E-state index in [-0.39, 0.29) is 23.1 Å². The number of halogens is 1. The first-order valence-electron chi connectivity index (χ1n) is 8.76. The molecule has 2 N–H and O–H groups in total. The molecule has 1 aliphatic heterocycles. The topological polar surface area (TPSA) is 91.4 Å². The van der Waals surface area contributed by atoms with Crippen LogP contribution in [0.3, 0.4) is 0 Å². The van der Waals surface area contributed by atoms with Crippen LogP contribution in [-0.2, 0) is 4.79 Å². The van der Waals surface area contributed by atoms with E-state index in [4.69, 9.17) is 11.6 Å². The normalized spacial score (nSPS) is 13.2. The van der Waals surface area contributed by atoms with Gasteiger partial charge in [-0.15, -0.1) is 0 Å². The van der Waals surface area contributed by atoms with Crippen molar-refractivity contribution in [1.29, 1.82) is 0 Å². The molecule has 0 saturated carbocycles. The highest BCUT2D eigenvalue weighted by atomic mass is 35.5. The lowest BCUT2D eigenvalue weighted by atomic mass is 10.2. The van der Waals surface area contributed by atoms with Gasteiger partial charge in [-0.05, 0) is 37.1 Å². The van der Waals surface area contributed by atoms with E-state index < -0.39 is 5.91 Å². The second-order valence-electron chi connectivity index (χ2n) is 6.16. The van der Waals surface area contributed by atoms with Gasteiger partial charge in [0, 0.05) is 19.3 Å². The summed E-state index contributed by atoms with van der Waals surface area (Å²) in [5, 5.41) is 0.918. The molecule has 0 aliphatic carbocycles. The van der Waals surface area contributed by atoms with Gasteiger partial charge in [0.15, 0.2) is 0 Å². The zero-order valence-electron chi connectivity index (χ0n) is 15.0. The molecule has 146 valence electrons. The van der Waals surface area contributed by atoms with Crippen molar-refractivity contribution in [2.45, 2.75) is 17.9 Å². The number of hydrogen-bond donors (Lipinski definition) is 2. The summed E-state index contributed by atoms with van der Waals surface area (Å²) in [7, 11) is 0. The number of hydrazine groups is 1. The first-order valence-corrected chi connectivity index (χ1v) is 10.1. The van der Waals surface area contributed by atoms with Crippen LogP contribution in [0.15, 0.2) is 47.6 Å². The minimum atomic E-state index is -0.494. The van der Waals surface area contributed by atoms with Gasteiger partial charge in [0.05, 0.1) is 26.9 Å². The molecule has 7 nitrogen and oxygen atoms in total. The monoisotopic (exact) mass is 418 g/mol. The van der Waals surface area contributed by atoms with E-state index in [2.05, 4.69) is 15.8 Å². The third-order valence-corrected chi connectivity index (χ3v) is 5.44. The Morgan fingerprint density at radius 3 is 2.50 bits per heavy atom. The Hall–Kier alpha value is -2.58. The van der Waals surface area contributed by atoms with Crippen molar-refractivity contribution in [3.05, 3.63) is 58.7 Å². The average molecular weight is 419 g/mol. The molecule has 1 aliphatic rings. The Morgan fingerprint density at radius 2 is 1.82 bits per heavy atom. The quantitative estimate of drug-likeness (QED) is 0.575. The number of benzene rings is 1. The summed E-state index contributed by atoms with van der Waals surface area (Å²) in [5.74, 6) is -0.826. The van der Waals surface area contributed by atoms with Crippen molar-refractivity contribution >= 4 is 41.1 Å². The van der Waals surface area contributed by atoms with Crippen LogP contribution in [0.1, 0.15) is 33.6 Å². The summed E-state index contributed by atoms with van der Waals surface area (Å²) in [4.78, 5) is 42.2. The highest BCUT2D eigenvalue weighted by molar-refractivity contribution is 7.99. The van der Waals surface area contributed by atoms with Gasteiger partial charge < -0.3 is 4.90 Å². The molecule has 28 heavy (non-hydrogen) atoms. The molecule has 0 radical (unpaired) electrons. The second kappa shape index (κ2) is 9.57. The van der Waals surface area contributed by atoms with Crippen molar-refractivity contribution in [1.82, 2.24) is 20.7 Å². The SMILES string of the molecule is O=C(CSc1ccc(C(=O)N2CCCC2)cn1)NNC(=O)c1ccccc1Cl. The Kier molecular flexibility index (Phi) is 6.89. The number of pyridine rings is 1. The van der Waals surface area contributed by atoms with E-state index in [1.54, 1.807) is 36.4 Å². The largest absolute Gasteiger partial charge is 0.339 e. The lowest BCUT2D eigenvalue weighted by molar-refractivity contribution is -0.119. The van der Waals surface area contributed by atoms with Crippen LogP contribution >= 0.6 is 23.4 Å². The number of nitrogens with one attached hydrogen (secondary N) is 2. The van der Waals surface area contributed by atoms with Crippen molar-refractivity contribution in [3.8, 4) is 0 Å². The minimum Gasteiger partial charge on any atom is -0.339 e. The summed E-state index contributed by atoms with van der Waals surface area (Å²) >= 11 is 7.15. The molecule has 1 saturated heterocycles. The molecule has 0 bridgehead atoms. The number of carbonyl (C=O) groups is 3. The number of likely N-dealkylation sites (tertiary alicyclic amines) is 1. The summed E-state index contributed by atoms with van der Waals surface area (Å²) in [5.41, 5.74) is 5.48. The first kappa shape index (κ1) is 20.2. The maximum atomic E-state index is 12.3. The van der Waals surface area contributed by atoms with E-state index in [1.165, 1.54) is 18.0 Å². The number of aromatic nitrogens is 1. The fourth-order valence-electron chi connectivity index (χ4n) is 2.71. The smallest absolute Gasteiger partial charge is 0.271 e. The predicted molar refractivity (Wildman–Crippen MR) is 107 cm³/mol. The second-order valence-corrected chi connectivity index (χ2v) is 7.56. The molecule has 2 heterocycles. The van der Waals surface area contributed by atoms with Gasteiger partial charge in [-0.2, -0.15) is 0 Å². The Labute approximate surface area is 171 Å². The zero-order valence-corrected chi connectivity index (χ0v) is 16.6. The molecule has 1 fully saturated rings. The zero-order chi connectivity index (χ0) is 19.9. The van der Waals surface area contributed by atoms with Crippen LogP contribution in [0, 0.1) is 0 Å². The molecule has 2 aromatic rings. The molecule has 3 rings (SSSR count). The van der Waals surface area contributed by atoms with E-state index >= 15 is 0 Å². The van der Waals surface area contributed by atoms with Crippen LogP contribution < -0.4 is 10.9 Å². The summed E-state index contributed by atoms with van der Waals surface area (Å²) in [6, 6.07) is 9.98. The minimum absolute atomic E-state index is 0.0124. The molecule has 1 aromatic carbocycles. The van der Waals surface area contributed by atoms with Gasteiger partial charge in [-0.3, -0.25) is 25.2 Å². The number of amides is 3. The Bertz CT molecular complexity index is 870. The molecule has 9 heteroatoms. The van der Waals surface area contributed by atoms with Crippen LogP contribution in [0.25, 0.3) is 0 Å². The number of thioether (sulfide) groups is 1. The third kappa shape index (κ3) is 5.24. The van der Waals surface area contributed by atoms with E-state index in [0.29, 0.717) is 15.6 Å². The maximum absolute atomic E-state index is 12.3. The lowest BCUT2D eigenvalue weighted by Crippen LogP contribution is -2.42. The fraction of sp³-hybridized carbons (Fsp3) is 0.263. The van der Waals surface area contributed by atoms with Gasteiger partial charge in [-0.1, -0.05) is 35.5 Å². The van der Waals surface area contributed by atoms with Crippen LogP contribution in [0.5, 0.6) is 0 Å². The Morgan fingerprint density at radius 1 is 1.07 bits per heavy atom. The summed E-state index contributed by atoms with van der Waals surface area (Å²) < 4.78 is 0. The van der Waals surface area contributed by atoms with E-state index in [0.717, 1.165) is 25.9 Å². The summed E-state index contributed by atoms with van der Waals surface area (Å²) in [6.07, 6.45) is 3.60. The van der Waals surface area contributed by atoms with Crippen LogP contribution in [0.2, 0.25) is 5.02 Å². The average Bonchev–Trinajstić information content (AvgIpc) is 3.25. The Balaban J connectivity index is 1.45. The molecule has 1 aromatic heterocycles. The van der Waals surface area contributed by atoms with Gasteiger partial charge in [0.1, 0.15) is 0 Å². The van der Waals surface area contributed by atoms with Crippen molar-refractivity contribution in [2.24, 2.45) is 0 Å².